The average Bonchev–Trinajstić information content (AvgIpc) is 2.17. The number of rotatable bonds is 3. The minimum Gasteiger partial charge on any atom is -0.360 e. The Morgan fingerprint density at radius 3 is 2.87 bits per heavy atom. The van der Waals surface area contributed by atoms with Gasteiger partial charge in [-0.05, 0) is 44.6 Å². The minimum atomic E-state index is 0.384. The number of nitrogens with zero attached hydrogens (tertiary/aromatic N) is 1. The Morgan fingerprint density at radius 2 is 2.27 bits per heavy atom. The van der Waals surface area contributed by atoms with Crippen LogP contribution in [-0.2, 0) is 0 Å². The number of aromatic nitrogens is 1. The first-order valence-corrected chi connectivity index (χ1v) is 5.53. The van der Waals surface area contributed by atoms with E-state index in [4.69, 9.17) is 12.2 Å². The fraction of sp³-hybridized carbons (Fsp3) is 0.455. The van der Waals surface area contributed by atoms with Crippen LogP contribution in [-0.4, -0.2) is 16.1 Å². The molecule has 1 aromatic rings. The van der Waals surface area contributed by atoms with Gasteiger partial charge in [-0.15, -0.1) is 0 Å². The summed E-state index contributed by atoms with van der Waals surface area (Å²) < 4.78 is 0. The Labute approximate surface area is 96.3 Å². The molecule has 2 N–H and O–H groups in total. The highest BCUT2D eigenvalue weighted by molar-refractivity contribution is 7.80. The Balaban J connectivity index is 2.51. The number of pyridine rings is 1. The third-order valence-electron chi connectivity index (χ3n) is 2.12. The Bertz CT molecular complexity index is 338. The molecule has 1 atom stereocenters. The van der Waals surface area contributed by atoms with Crippen LogP contribution in [0.2, 0.25) is 0 Å². The lowest BCUT2D eigenvalue weighted by Crippen LogP contribution is -2.35. The summed E-state index contributed by atoms with van der Waals surface area (Å²) in [7, 11) is 0. The second kappa shape index (κ2) is 5.66. The van der Waals surface area contributed by atoms with E-state index in [1.54, 1.807) is 0 Å². The van der Waals surface area contributed by atoms with Crippen molar-refractivity contribution in [1.82, 2.24) is 10.3 Å². The maximum Gasteiger partial charge on any atom is 0.172 e. The molecular weight excluding hydrogens is 206 g/mol. The van der Waals surface area contributed by atoms with E-state index in [2.05, 4.69) is 29.5 Å². The fourth-order valence-corrected chi connectivity index (χ4v) is 1.40. The Kier molecular flexibility index (Phi) is 4.49. The number of hydrogen-bond acceptors (Lipinski definition) is 2. The van der Waals surface area contributed by atoms with Crippen molar-refractivity contribution in [1.29, 1.82) is 0 Å². The van der Waals surface area contributed by atoms with Gasteiger partial charge < -0.3 is 10.6 Å². The van der Waals surface area contributed by atoms with Crippen molar-refractivity contribution in [2.45, 2.75) is 33.2 Å². The van der Waals surface area contributed by atoms with E-state index in [1.165, 1.54) is 0 Å². The molecule has 0 saturated heterocycles. The predicted molar refractivity (Wildman–Crippen MR) is 68.1 cm³/mol. The van der Waals surface area contributed by atoms with Crippen LogP contribution in [0.1, 0.15) is 26.0 Å². The quantitative estimate of drug-likeness (QED) is 0.772. The predicted octanol–water partition coefficient (Wildman–Crippen LogP) is 2.47. The topological polar surface area (TPSA) is 37.0 Å². The Morgan fingerprint density at radius 1 is 1.53 bits per heavy atom. The van der Waals surface area contributed by atoms with Gasteiger partial charge in [0.25, 0.3) is 0 Å². The van der Waals surface area contributed by atoms with Gasteiger partial charge in [0.2, 0.25) is 0 Å². The van der Waals surface area contributed by atoms with E-state index in [0.29, 0.717) is 11.2 Å². The zero-order chi connectivity index (χ0) is 11.3. The van der Waals surface area contributed by atoms with Crippen LogP contribution in [0.15, 0.2) is 18.2 Å². The lowest BCUT2D eigenvalue weighted by Gasteiger charge is -2.14. The van der Waals surface area contributed by atoms with E-state index in [0.717, 1.165) is 17.9 Å². The van der Waals surface area contributed by atoms with Crippen LogP contribution in [0.3, 0.4) is 0 Å². The number of anilines is 1. The largest absolute Gasteiger partial charge is 0.360 e. The highest BCUT2D eigenvalue weighted by atomic mass is 32.1. The summed E-state index contributed by atoms with van der Waals surface area (Å²) in [5.74, 6) is 0.788. The molecule has 0 spiro atoms. The minimum absolute atomic E-state index is 0.384. The maximum absolute atomic E-state index is 5.16. The Hall–Kier alpha value is -1.16. The monoisotopic (exact) mass is 223 g/mol. The lowest BCUT2D eigenvalue weighted by molar-refractivity contribution is 0.646. The molecule has 0 fully saturated rings. The third kappa shape index (κ3) is 4.25. The number of hydrogen-bond donors (Lipinski definition) is 2. The van der Waals surface area contributed by atoms with Gasteiger partial charge in [0.1, 0.15) is 5.82 Å². The second-order valence-electron chi connectivity index (χ2n) is 3.57. The molecule has 1 aromatic heterocycles. The molecular formula is C11H17N3S. The molecule has 82 valence electrons. The molecule has 1 rings (SSSR count). The average molecular weight is 223 g/mol. The smallest absolute Gasteiger partial charge is 0.172 e. The van der Waals surface area contributed by atoms with Crippen LogP contribution in [0.5, 0.6) is 0 Å². The molecule has 0 amide bonds. The summed E-state index contributed by atoms with van der Waals surface area (Å²) in [5, 5.41) is 6.86. The van der Waals surface area contributed by atoms with Gasteiger partial charge in [-0.1, -0.05) is 13.0 Å². The highest BCUT2D eigenvalue weighted by Gasteiger charge is 2.02. The van der Waals surface area contributed by atoms with Crippen LogP contribution in [0.4, 0.5) is 5.82 Å². The second-order valence-corrected chi connectivity index (χ2v) is 3.98. The normalized spacial score (nSPS) is 11.9. The van der Waals surface area contributed by atoms with E-state index in [-0.39, 0.29) is 0 Å². The van der Waals surface area contributed by atoms with Crippen molar-refractivity contribution in [2.75, 3.05) is 5.32 Å². The molecule has 0 radical (unpaired) electrons. The van der Waals surface area contributed by atoms with E-state index in [1.807, 2.05) is 25.1 Å². The van der Waals surface area contributed by atoms with Crippen molar-refractivity contribution < 1.29 is 0 Å². The summed E-state index contributed by atoms with van der Waals surface area (Å²) in [6, 6.07) is 6.19. The molecule has 0 aromatic carbocycles. The van der Waals surface area contributed by atoms with Gasteiger partial charge >= 0.3 is 0 Å². The fourth-order valence-electron chi connectivity index (χ4n) is 1.09. The van der Waals surface area contributed by atoms with Gasteiger partial charge in [0.15, 0.2) is 5.11 Å². The van der Waals surface area contributed by atoms with Crippen molar-refractivity contribution in [3.05, 3.63) is 23.9 Å². The molecule has 0 saturated carbocycles. The summed E-state index contributed by atoms with van der Waals surface area (Å²) in [6.07, 6.45) is 1.04. The molecule has 1 unspecified atom stereocenters. The summed E-state index contributed by atoms with van der Waals surface area (Å²) in [4.78, 5) is 4.31. The number of nitrogens with one attached hydrogen (secondary N) is 2. The number of thiocarbonyl (C=S) groups is 1. The van der Waals surface area contributed by atoms with E-state index in [9.17, 15) is 0 Å². The lowest BCUT2D eigenvalue weighted by atomic mass is 10.3. The zero-order valence-electron chi connectivity index (χ0n) is 9.37. The molecule has 3 nitrogen and oxygen atoms in total. The van der Waals surface area contributed by atoms with Crippen LogP contribution >= 0.6 is 12.2 Å². The SMILES string of the molecule is CCC(C)NC(=S)Nc1cccc(C)n1. The molecule has 0 aliphatic rings. The van der Waals surface area contributed by atoms with E-state index < -0.39 is 0 Å². The van der Waals surface area contributed by atoms with Crippen molar-refractivity contribution in [2.24, 2.45) is 0 Å². The maximum atomic E-state index is 5.16. The van der Waals surface area contributed by atoms with Gasteiger partial charge in [0, 0.05) is 11.7 Å². The number of aryl methyl sites for hydroxylation is 1. The summed E-state index contributed by atoms with van der Waals surface area (Å²) >= 11 is 5.16. The van der Waals surface area contributed by atoms with Gasteiger partial charge in [-0.25, -0.2) is 4.98 Å². The molecule has 1 heterocycles. The van der Waals surface area contributed by atoms with Gasteiger partial charge in [0.05, 0.1) is 0 Å². The van der Waals surface area contributed by atoms with Crippen molar-refractivity contribution in [3.63, 3.8) is 0 Å². The highest BCUT2D eigenvalue weighted by Crippen LogP contribution is 2.03. The first kappa shape index (κ1) is 11.9. The summed E-state index contributed by atoms with van der Waals surface area (Å²) in [6.45, 7) is 6.17. The van der Waals surface area contributed by atoms with Crippen LogP contribution in [0, 0.1) is 6.92 Å². The molecule has 0 bridgehead atoms. The molecule has 0 aliphatic heterocycles. The third-order valence-corrected chi connectivity index (χ3v) is 2.34. The summed E-state index contributed by atoms with van der Waals surface area (Å²) in [5.41, 5.74) is 0.978. The standard InChI is InChI=1S/C11H17N3S/c1-4-8(2)13-11(15)14-10-7-5-6-9(3)12-10/h5-8H,4H2,1-3H3,(H2,12,13,14,15). The van der Waals surface area contributed by atoms with Gasteiger partial charge in [-0.2, -0.15) is 0 Å². The first-order valence-electron chi connectivity index (χ1n) is 5.13. The van der Waals surface area contributed by atoms with Crippen LogP contribution in [0.25, 0.3) is 0 Å². The molecule has 0 aliphatic carbocycles. The zero-order valence-corrected chi connectivity index (χ0v) is 10.2. The van der Waals surface area contributed by atoms with Gasteiger partial charge in [-0.3, -0.25) is 0 Å². The van der Waals surface area contributed by atoms with Crippen molar-refractivity contribution in [3.8, 4) is 0 Å². The first-order chi connectivity index (χ1) is 7.11. The van der Waals surface area contributed by atoms with Crippen molar-refractivity contribution >= 4 is 23.1 Å². The molecule has 4 heteroatoms. The van der Waals surface area contributed by atoms with E-state index >= 15 is 0 Å². The molecule has 15 heavy (non-hydrogen) atoms. The van der Waals surface area contributed by atoms with Crippen LogP contribution < -0.4 is 10.6 Å².